The Morgan fingerprint density at radius 3 is 2.19 bits per heavy atom. The molecule has 0 spiro atoms. The molecule has 0 radical (unpaired) electrons. The third-order valence-corrected chi connectivity index (χ3v) is 2.28. The SMILES string of the molecule is COc1ccccc1-c1cc(F)cc(F)c1. The molecule has 82 valence electrons. The van der Waals surface area contributed by atoms with Crippen molar-refractivity contribution in [3.63, 3.8) is 0 Å². The molecule has 0 unspecified atom stereocenters. The molecule has 2 rings (SSSR count). The van der Waals surface area contributed by atoms with E-state index in [-0.39, 0.29) is 0 Å². The molecular weight excluding hydrogens is 210 g/mol. The van der Waals surface area contributed by atoms with Gasteiger partial charge in [0.25, 0.3) is 0 Å². The number of hydrogen-bond acceptors (Lipinski definition) is 1. The van der Waals surface area contributed by atoms with E-state index in [1.165, 1.54) is 19.2 Å². The van der Waals surface area contributed by atoms with Crippen LogP contribution in [0, 0.1) is 11.6 Å². The van der Waals surface area contributed by atoms with E-state index < -0.39 is 11.6 Å². The van der Waals surface area contributed by atoms with E-state index in [9.17, 15) is 8.78 Å². The Kier molecular flexibility index (Phi) is 2.86. The van der Waals surface area contributed by atoms with Gasteiger partial charge in [-0.2, -0.15) is 0 Å². The van der Waals surface area contributed by atoms with E-state index in [4.69, 9.17) is 4.74 Å². The van der Waals surface area contributed by atoms with Crippen molar-refractivity contribution >= 4 is 0 Å². The summed E-state index contributed by atoms with van der Waals surface area (Å²) in [4.78, 5) is 0. The summed E-state index contributed by atoms with van der Waals surface area (Å²) in [6.07, 6.45) is 0. The van der Waals surface area contributed by atoms with Gasteiger partial charge in [-0.1, -0.05) is 18.2 Å². The van der Waals surface area contributed by atoms with Crippen molar-refractivity contribution in [2.75, 3.05) is 7.11 Å². The van der Waals surface area contributed by atoms with E-state index in [0.717, 1.165) is 6.07 Å². The lowest BCUT2D eigenvalue weighted by atomic mass is 10.0. The second-order valence-electron chi connectivity index (χ2n) is 3.36. The average molecular weight is 220 g/mol. The Morgan fingerprint density at radius 1 is 0.938 bits per heavy atom. The summed E-state index contributed by atoms with van der Waals surface area (Å²) in [5, 5.41) is 0. The molecule has 0 amide bonds. The van der Waals surface area contributed by atoms with Gasteiger partial charge in [-0.15, -0.1) is 0 Å². The minimum absolute atomic E-state index is 0.468. The van der Waals surface area contributed by atoms with Crippen LogP contribution in [0.3, 0.4) is 0 Å². The third-order valence-electron chi connectivity index (χ3n) is 2.28. The first-order valence-corrected chi connectivity index (χ1v) is 4.80. The van der Waals surface area contributed by atoms with Crippen molar-refractivity contribution in [1.29, 1.82) is 0 Å². The van der Waals surface area contributed by atoms with Crippen LogP contribution in [0.2, 0.25) is 0 Å². The van der Waals surface area contributed by atoms with Gasteiger partial charge in [0.05, 0.1) is 7.11 Å². The number of hydrogen-bond donors (Lipinski definition) is 0. The zero-order valence-corrected chi connectivity index (χ0v) is 8.71. The highest BCUT2D eigenvalue weighted by molar-refractivity contribution is 5.70. The third kappa shape index (κ3) is 2.03. The van der Waals surface area contributed by atoms with Gasteiger partial charge in [0, 0.05) is 11.6 Å². The minimum Gasteiger partial charge on any atom is -0.496 e. The average Bonchev–Trinajstić information content (AvgIpc) is 2.27. The molecule has 2 aromatic rings. The highest BCUT2D eigenvalue weighted by Crippen LogP contribution is 2.30. The maximum atomic E-state index is 13.1. The minimum atomic E-state index is -0.596. The lowest BCUT2D eigenvalue weighted by Gasteiger charge is -2.08. The molecule has 3 heteroatoms. The fraction of sp³-hybridized carbons (Fsp3) is 0.0769. The van der Waals surface area contributed by atoms with Crippen molar-refractivity contribution < 1.29 is 13.5 Å². The van der Waals surface area contributed by atoms with Crippen LogP contribution in [0.5, 0.6) is 5.75 Å². The maximum Gasteiger partial charge on any atom is 0.126 e. The van der Waals surface area contributed by atoms with E-state index in [0.29, 0.717) is 16.9 Å². The van der Waals surface area contributed by atoms with Crippen molar-refractivity contribution in [2.45, 2.75) is 0 Å². The molecule has 0 atom stereocenters. The first kappa shape index (κ1) is 10.6. The van der Waals surface area contributed by atoms with Crippen LogP contribution in [-0.2, 0) is 0 Å². The monoisotopic (exact) mass is 220 g/mol. The van der Waals surface area contributed by atoms with Gasteiger partial charge in [-0.25, -0.2) is 8.78 Å². The van der Waals surface area contributed by atoms with Crippen LogP contribution in [-0.4, -0.2) is 7.11 Å². The van der Waals surface area contributed by atoms with Crippen LogP contribution in [0.4, 0.5) is 8.78 Å². The van der Waals surface area contributed by atoms with E-state index in [1.54, 1.807) is 24.3 Å². The molecule has 0 saturated heterocycles. The second kappa shape index (κ2) is 4.31. The summed E-state index contributed by atoms with van der Waals surface area (Å²) in [5.74, 6) is -0.602. The Hall–Kier alpha value is -1.90. The molecular formula is C13H10F2O. The summed E-state index contributed by atoms with van der Waals surface area (Å²) in [5.41, 5.74) is 1.14. The van der Waals surface area contributed by atoms with Gasteiger partial charge in [0.1, 0.15) is 17.4 Å². The fourth-order valence-electron chi connectivity index (χ4n) is 1.59. The molecule has 2 aromatic carbocycles. The first-order valence-electron chi connectivity index (χ1n) is 4.80. The van der Waals surface area contributed by atoms with E-state index >= 15 is 0 Å². The zero-order valence-electron chi connectivity index (χ0n) is 8.71. The highest BCUT2D eigenvalue weighted by Gasteiger charge is 2.07. The molecule has 0 N–H and O–H groups in total. The Labute approximate surface area is 92.3 Å². The smallest absolute Gasteiger partial charge is 0.126 e. The molecule has 0 saturated carbocycles. The normalized spacial score (nSPS) is 10.2. The lowest BCUT2D eigenvalue weighted by molar-refractivity contribution is 0.416. The van der Waals surface area contributed by atoms with Gasteiger partial charge in [0.2, 0.25) is 0 Å². The maximum absolute atomic E-state index is 13.1. The summed E-state index contributed by atoms with van der Waals surface area (Å²) < 4.78 is 31.3. The Bertz CT molecular complexity index is 489. The molecule has 16 heavy (non-hydrogen) atoms. The predicted octanol–water partition coefficient (Wildman–Crippen LogP) is 3.64. The number of benzene rings is 2. The Balaban J connectivity index is 2.58. The molecule has 0 bridgehead atoms. The second-order valence-corrected chi connectivity index (χ2v) is 3.36. The van der Waals surface area contributed by atoms with Gasteiger partial charge in [-0.3, -0.25) is 0 Å². The van der Waals surface area contributed by atoms with Crippen LogP contribution in [0.15, 0.2) is 42.5 Å². The summed E-state index contributed by atoms with van der Waals surface area (Å²) in [6, 6.07) is 10.5. The molecule has 1 nitrogen and oxygen atoms in total. The predicted molar refractivity (Wildman–Crippen MR) is 58.3 cm³/mol. The number of ether oxygens (including phenoxy) is 1. The topological polar surface area (TPSA) is 9.23 Å². The van der Waals surface area contributed by atoms with Gasteiger partial charge < -0.3 is 4.74 Å². The van der Waals surface area contributed by atoms with Gasteiger partial charge >= 0.3 is 0 Å². The van der Waals surface area contributed by atoms with Crippen molar-refractivity contribution in [3.8, 4) is 16.9 Å². The van der Waals surface area contributed by atoms with Crippen molar-refractivity contribution in [1.82, 2.24) is 0 Å². The van der Waals surface area contributed by atoms with Crippen molar-refractivity contribution in [3.05, 3.63) is 54.1 Å². The number of rotatable bonds is 2. The van der Waals surface area contributed by atoms with Crippen LogP contribution >= 0.6 is 0 Å². The van der Waals surface area contributed by atoms with Crippen molar-refractivity contribution in [2.24, 2.45) is 0 Å². The lowest BCUT2D eigenvalue weighted by Crippen LogP contribution is -1.89. The standard InChI is InChI=1S/C13H10F2O/c1-16-13-5-3-2-4-12(13)9-6-10(14)8-11(15)7-9/h2-8H,1H3. The molecule has 0 fully saturated rings. The summed E-state index contributed by atoms with van der Waals surface area (Å²) in [7, 11) is 1.52. The number of methoxy groups -OCH3 is 1. The van der Waals surface area contributed by atoms with Crippen LogP contribution in [0.1, 0.15) is 0 Å². The van der Waals surface area contributed by atoms with Gasteiger partial charge in [0.15, 0.2) is 0 Å². The summed E-state index contributed by atoms with van der Waals surface area (Å²) >= 11 is 0. The summed E-state index contributed by atoms with van der Waals surface area (Å²) in [6.45, 7) is 0. The number of halogens is 2. The number of para-hydroxylation sites is 1. The quantitative estimate of drug-likeness (QED) is 0.750. The van der Waals surface area contributed by atoms with E-state index in [2.05, 4.69) is 0 Å². The van der Waals surface area contributed by atoms with E-state index in [1.807, 2.05) is 0 Å². The molecule has 0 aliphatic carbocycles. The highest BCUT2D eigenvalue weighted by atomic mass is 19.1. The van der Waals surface area contributed by atoms with Gasteiger partial charge in [-0.05, 0) is 23.8 Å². The largest absolute Gasteiger partial charge is 0.496 e. The molecule has 0 heterocycles. The van der Waals surface area contributed by atoms with Crippen LogP contribution < -0.4 is 4.74 Å². The first-order chi connectivity index (χ1) is 7.70. The molecule has 0 aliphatic heterocycles. The fourth-order valence-corrected chi connectivity index (χ4v) is 1.59. The van der Waals surface area contributed by atoms with Crippen LogP contribution in [0.25, 0.3) is 11.1 Å². The molecule has 0 aromatic heterocycles. The Morgan fingerprint density at radius 2 is 1.56 bits per heavy atom. The zero-order chi connectivity index (χ0) is 11.5. The molecule has 0 aliphatic rings.